The predicted octanol–water partition coefficient (Wildman–Crippen LogP) is 2.09. The summed E-state index contributed by atoms with van der Waals surface area (Å²) in [6.07, 6.45) is 0.500. The normalized spacial score (nSPS) is 22.6. The largest absolute Gasteiger partial charge is 0.481 e. The molecule has 1 aliphatic rings. The van der Waals surface area contributed by atoms with Crippen molar-refractivity contribution in [1.29, 1.82) is 0 Å². The molecule has 1 saturated heterocycles. The molecule has 0 aromatic carbocycles. The van der Waals surface area contributed by atoms with Crippen LogP contribution < -0.4 is 5.32 Å². The third kappa shape index (κ3) is 2.70. The number of rotatable bonds is 2. The van der Waals surface area contributed by atoms with E-state index in [1.807, 2.05) is 13.8 Å². The quantitative estimate of drug-likeness (QED) is 0.870. The van der Waals surface area contributed by atoms with Crippen LogP contribution in [-0.2, 0) is 4.79 Å². The first-order valence-electron chi connectivity index (χ1n) is 6.14. The van der Waals surface area contributed by atoms with Gasteiger partial charge in [-0.1, -0.05) is 0 Å². The number of aliphatic carboxylic acids is 1. The van der Waals surface area contributed by atoms with E-state index in [-0.39, 0.29) is 12.1 Å². The second kappa shape index (κ2) is 5.16. The molecule has 0 bridgehead atoms. The molecule has 6 nitrogen and oxygen atoms in total. The Balaban J connectivity index is 2.03. The SMILES string of the molecule is Cc1nc(NC(=O)N2CCC(C(=O)O)C2C)sc1C. The van der Waals surface area contributed by atoms with E-state index >= 15 is 0 Å². The van der Waals surface area contributed by atoms with Crippen molar-refractivity contribution < 1.29 is 14.7 Å². The molecule has 0 saturated carbocycles. The van der Waals surface area contributed by atoms with Crippen LogP contribution in [0.2, 0.25) is 0 Å². The number of nitrogens with zero attached hydrogens (tertiary/aromatic N) is 2. The maximum Gasteiger partial charge on any atom is 0.323 e. The number of hydrogen-bond acceptors (Lipinski definition) is 4. The zero-order chi connectivity index (χ0) is 14.2. The van der Waals surface area contributed by atoms with E-state index in [1.165, 1.54) is 11.3 Å². The maximum absolute atomic E-state index is 12.1. The van der Waals surface area contributed by atoms with Crippen LogP contribution in [0.25, 0.3) is 0 Å². The topological polar surface area (TPSA) is 82.5 Å². The lowest BCUT2D eigenvalue weighted by molar-refractivity contribution is -0.142. The molecule has 19 heavy (non-hydrogen) atoms. The van der Waals surface area contributed by atoms with Gasteiger partial charge in [0.15, 0.2) is 5.13 Å². The van der Waals surface area contributed by atoms with Crippen molar-refractivity contribution in [2.45, 2.75) is 33.2 Å². The first-order valence-corrected chi connectivity index (χ1v) is 6.96. The highest BCUT2D eigenvalue weighted by Gasteiger charge is 2.38. The minimum absolute atomic E-state index is 0.273. The Morgan fingerprint density at radius 3 is 2.63 bits per heavy atom. The third-order valence-electron chi connectivity index (χ3n) is 3.58. The minimum Gasteiger partial charge on any atom is -0.481 e. The number of likely N-dealkylation sites (tertiary alicyclic amines) is 1. The van der Waals surface area contributed by atoms with Gasteiger partial charge in [0.1, 0.15) is 0 Å². The highest BCUT2D eigenvalue weighted by atomic mass is 32.1. The Labute approximate surface area is 115 Å². The molecule has 1 aromatic heterocycles. The average Bonchev–Trinajstić information content (AvgIpc) is 2.83. The fraction of sp³-hybridized carbons (Fsp3) is 0.583. The number of thiazole rings is 1. The summed E-state index contributed by atoms with van der Waals surface area (Å²) in [5.41, 5.74) is 0.901. The van der Waals surface area contributed by atoms with E-state index in [4.69, 9.17) is 5.11 Å². The van der Waals surface area contributed by atoms with Crippen LogP contribution in [0.3, 0.4) is 0 Å². The third-order valence-corrected chi connectivity index (χ3v) is 4.56. The zero-order valence-corrected chi connectivity index (χ0v) is 12.0. The summed E-state index contributed by atoms with van der Waals surface area (Å²) in [7, 11) is 0. The highest BCUT2D eigenvalue weighted by molar-refractivity contribution is 7.15. The molecule has 2 heterocycles. The number of carbonyl (C=O) groups is 2. The summed E-state index contributed by atoms with van der Waals surface area (Å²) in [6.45, 7) is 6.07. The summed E-state index contributed by atoms with van der Waals surface area (Å²) in [5, 5.41) is 12.3. The second-order valence-electron chi connectivity index (χ2n) is 4.76. The van der Waals surface area contributed by atoms with Crippen molar-refractivity contribution in [2.75, 3.05) is 11.9 Å². The molecule has 2 atom stereocenters. The monoisotopic (exact) mass is 283 g/mol. The summed E-state index contributed by atoms with van der Waals surface area (Å²) < 4.78 is 0. The summed E-state index contributed by atoms with van der Waals surface area (Å²) in [5.74, 6) is -1.32. The molecule has 7 heteroatoms. The maximum atomic E-state index is 12.1. The second-order valence-corrected chi connectivity index (χ2v) is 5.96. The van der Waals surface area contributed by atoms with Crippen LogP contribution in [0.5, 0.6) is 0 Å². The molecule has 104 valence electrons. The predicted molar refractivity (Wildman–Crippen MR) is 72.5 cm³/mol. The van der Waals surface area contributed by atoms with Gasteiger partial charge >= 0.3 is 12.0 Å². The number of urea groups is 1. The Kier molecular flexibility index (Phi) is 3.75. The smallest absolute Gasteiger partial charge is 0.323 e. The number of aryl methyl sites for hydroxylation is 2. The Morgan fingerprint density at radius 1 is 1.47 bits per heavy atom. The van der Waals surface area contributed by atoms with Gasteiger partial charge < -0.3 is 10.0 Å². The van der Waals surface area contributed by atoms with Crippen molar-refractivity contribution in [3.63, 3.8) is 0 Å². The van der Waals surface area contributed by atoms with Crippen LogP contribution in [0.4, 0.5) is 9.93 Å². The van der Waals surface area contributed by atoms with E-state index in [0.29, 0.717) is 18.1 Å². The van der Waals surface area contributed by atoms with E-state index in [0.717, 1.165) is 10.6 Å². The van der Waals surface area contributed by atoms with Gasteiger partial charge in [0.2, 0.25) is 0 Å². The number of hydrogen-bond donors (Lipinski definition) is 2. The molecule has 1 aliphatic heterocycles. The Bertz CT molecular complexity index is 495. The summed E-state index contributed by atoms with van der Waals surface area (Å²) in [6, 6.07) is -0.565. The molecule has 0 aliphatic carbocycles. The molecule has 1 fully saturated rings. The number of carboxylic acid groups (broad SMARTS) is 1. The molecular weight excluding hydrogens is 266 g/mol. The molecule has 2 N–H and O–H groups in total. The van der Waals surface area contributed by atoms with Crippen molar-refractivity contribution in [3.05, 3.63) is 10.6 Å². The van der Waals surface area contributed by atoms with Crippen molar-refractivity contribution in [1.82, 2.24) is 9.88 Å². The van der Waals surface area contributed by atoms with Crippen LogP contribution in [0.15, 0.2) is 0 Å². The fourth-order valence-corrected chi connectivity index (χ4v) is 3.05. The number of carboxylic acids is 1. The van der Waals surface area contributed by atoms with E-state index in [1.54, 1.807) is 11.8 Å². The van der Waals surface area contributed by atoms with Gasteiger partial charge in [0.25, 0.3) is 0 Å². The van der Waals surface area contributed by atoms with Crippen LogP contribution in [0.1, 0.15) is 23.9 Å². The van der Waals surface area contributed by atoms with Gasteiger partial charge in [-0.2, -0.15) is 0 Å². The van der Waals surface area contributed by atoms with Crippen LogP contribution >= 0.6 is 11.3 Å². The standard InChI is InChI=1S/C12H17N3O3S/c1-6-8(3)19-11(13-6)14-12(18)15-5-4-9(7(15)2)10(16)17/h7,9H,4-5H2,1-3H3,(H,16,17)(H,13,14,18). The zero-order valence-electron chi connectivity index (χ0n) is 11.1. The van der Waals surface area contributed by atoms with Gasteiger partial charge in [-0.05, 0) is 27.2 Å². The first kappa shape index (κ1) is 13.8. The number of nitrogens with one attached hydrogen (secondary N) is 1. The molecule has 0 radical (unpaired) electrons. The number of anilines is 1. The van der Waals surface area contributed by atoms with Crippen molar-refractivity contribution >= 4 is 28.5 Å². The fourth-order valence-electron chi connectivity index (χ4n) is 2.25. The van der Waals surface area contributed by atoms with Gasteiger partial charge in [0, 0.05) is 17.5 Å². The Morgan fingerprint density at radius 2 is 2.16 bits per heavy atom. The molecule has 0 spiro atoms. The molecule has 2 amide bonds. The highest BCUT2D eigenvalue weighted by Crippen LogP contribution is 2.26. The lowest BCUT2D eigenvalue weighted by Crippen LogP contribution is -2.40. The van der Waals surface area contributed by atoms with Gasteiger partial charge in [-0.3, -0.25) is 10.1 Å². The van der Waals surface area contributed by atoms with Crippen LogP contribution in [-0.4, -0.2) is 39.6 Å². The van der Waals surface area contributed by atoms with E-state index in [9.17, 15) is 9.59 Å². The van der Waals surface area contributed by atoms with Crippen LogP contribution in [0, 0.1) is 19.8 Å². The Hall–Kier alpha value is -1.63. The van der Waals surface area contributed by atoms with E-state index in [2.05, 4.69) is 10.3 Å². The first-order chi connectivity index (χ1) is 8.90. The van der Waals surface area contributed by atoms with Gasteiger partial charge in [0.05, 0.1) is 11.6 Å². The summed E-state index contributed by atoms with van der Waals surface area (Å²) in [4.78, 5) is 30.0. The molecule has 2 unspecified atom stereocenters. The average molecular weight is 283 g/mol. The number of carbonyl (C=O) groups excluding carboxylic acids is 1. The number of amides is 2. The van der Waals surface area contributed by atoms with E-state index < -0.39 is 11.9 Å². The lowest BCUT2D eigenvalue weighted by Gasteiger charge is -2.22. The summed E-state index contributed by atoms with van der Waals surface area (Å²) >= 11 is 1.42. The van der Waals surface area contributed by atoms with Crippen molar-refractivity contribution in [2.24, 2.45) is 5.92 Å². The van der Waals surface area contributed by atoms with Gasteiger partial charge in [-0.15, -0.1) is 11.3 Å². The lowest BCUT2D eigenvalue weighted by atomic mass is 10.0. The minimum atomic E-state index is -0.844. The molecule has 1 aromatic rings. The number of aromatic nitrogens is 1. The van der Waals surface area contributed by atoms with Crippen molar-refractivity contribution in [3.8, 4) is 0 Å². The van der Waals surface area contributed by atoms with Gasteiger partial charge in [-0.25, -0.2) is 9.78 Å². The molecule has 2 rings (SSSR count). The molecular formula is C12H17N3O3S.